The fourth-order valence-electron chi connectivity index (χ4n) is 2.58. The molecule has 0 saturated heterocycles. The molecule has 0 bridgehead atoms. The van der Waals surface area contributed by atoms with Crippen molar-refractivity contribution >= 4 is 17.4 Å². The molecule has 0 atom stereocenters. The normalized spacial score (nSPS) is 10.3. The Morgan fingerprint density at radius 1 is 1.11 bits per heavy atom. The van der Waals surface area contributed by atoms with Gasteiger partial charge in [0.25, 0.3) is 5.91 Å². The van der Waals surface area contributed by atoms with E-state index in [9.17, 15) is 9.18 Å². The van der Waals surface area contributed by atoms with Gasteiger partial charge in [0.2, 0.25) is 0 Å². The van der Waals surface area contributed by atoms with Crippen LogP contribution >= 0.6 is 0 Å². The maximum absolute atomic E-state index is 12.9. The lowest BCUT2D eigenvalue weighted by atomic mass is 10.2. The second-order valence-corrected chi connectivity index (χ2v) is 6.07. The average molecular weight is 365 g/mol. The highest BCUT2D eigenvalue weighted by molar-refractivity contribution is 5.94. The van der Waals surface area contributed by atoms with Crippen LogP contribution in [-0.2, 0) is 6.54 Å². The SMILES string of the molecule is COc1ccc(C)cc1Nc1cc(C(=O)NCc2ccc(F)cc2)ccn1. The largest absolute Gasteiger partial charge is 0.495 e. The molecule has 5 nitrogen and oxygen atoms in total. The smallest absolute Gasteiger partial charge is 0.251 e. The number of anilines is 2. The quantitative estimate of drug-likeness (QED) is 0.687. The highest BCUT2D eigenvalue weighted by Gasteiger charge is 2.09. The maximum Gasteiger partial charge on any atom is 0.251 e. The van der Waals surface area contributed by atoms with Gasteiger partial charge in [0.15, 0.2) is 0 Å². The van der Waals surface area contributed by atoms with Crippen LogP contribution in [0.5, 0.6) is 5.75 Å². The van der Waals surface area contributed by atoms with E-state index in [1.165, 1.54) is 12.1 Å². The molecule has 0 unspecified atom stereocenters. The van der Waals surface area contributed by atoms with E-state index in [2.05, 4.69) is 15.6 Å². The third kappa shape index (κ3) is 4.82. The Balaban J connectivity index is 1.70. The molecule has 2 N–H and O–H groups in total. The van der Waals surface area contributed by atoms with Crippen LogP contribution in [0.2, 0.25) is 0 Å². The van der Waals surface area contributed by atoms with E-state index in [0.717, 1.165) is 16.8 Å². The van der Waals surface area contributed by atoms with Crippen molar-refractivity contribution in [3.8, 4) is 5.75 Å². The van der Waals surface area contributed by atoms with Crippen molar-refractivity contribution < 1.29 is 13.9 Å². The van der Waals surface area contributed by atoms with E-state index in [1.807, 2.05) is 25.1 Å². The number of carbonyl (C=O) groups excluding carboxylic acids is 1. The Hall–Kier alpha value is -3.41. The van der Waals surface area contributed by atoms with Crippen molar-refractivity contribution in [2.24, 2.45) is 0 Å². The van der Waals surface area contributed by atoms with Gasteiger partial charge in [-0.2, -0.15) is 0 Å². The average Bonchev–Trinajstić information content (AvgIpc) is 2.68. The number of rotatable bonds is 6. The van der Waals surface area contributed by atoms with Crippen LogP contribution in [0.3, 0.4) is 0 Å². The van der Waals surface area contributed by atoms with Gasteiger partial charge in [-0.15, -0.1) is 0 Å². The fraction of sp³-hybridized carbons (Fsp3) is 0.143. The summed E-state index contributed by atoms with van der Waals surface area (Å²) < 4.78 is 18.3. The van der Waals surface area contributed by atoms with Gasteiger partial charge < -0.3 is 15.4 Å². The number of nitrogens with one attached hydrogen (secondary N) is 2. The number of carbonyl (C=O) groups is 1. The minimum absolute atomic E-state index is 0.235. The lowest BCUT2D eigenvalue weighted by Gasteiger charge is -2.12. The molecular formula is C21H20FN3O2. The van der Waals surface area contributed by atoms with Crippen LogP contribution in [-0.4, -0.2) is 18.0 Å². The third-order valence-electron chi connectivity index (χ3n) is 4.01. The van der Waals surface area contributed by atoms with E-state index in [-0.39, 0.29) is 11.7 Å². The lowest BCUT2D eigenvalue weighted by Crippen LogP contribution is -2.22. The third-order valence-corrected chi connectivity index (χ3v) is 4.01. The van der Waals surface area contributed by atoms with Crippen LogP contribution in [0.15, 0.2) is 60.8 Å². The molecular weight excluding hydrogens is 345 g/mol. The van der Waals surface area contributed by atoms with Gasteiger partial charge in [0, 0.05) is 18.3 Å². The van der Waals surface area contributed by atoms with Crippen molar-refractivity contribution in [2.45, 2.75) is 13.5 Å². The predicted octanol–water partition coefficient (Wildman–Crippen LogP) is 4.21. The monoisotopic (exact) mass is 365 g/mol. The summed E-state index contributed by atoms with van der Waals surface area (Å²) in [4.78, 5) is 16.7. The molecule has 3 rings (SSSR count). The minimum Gasteiger partial charge on any atom is -0.495 e. The molecule has 0 fully saturated rings. The van der Waals surface area contributed by atoms with Gasteiger partial charge in [0.1, 0.15) is 17.4 Å². The van der Waals surface area contributed by atoms with Crippen molar-refractivity contribution in [3.05, 3.63) is 83.3 Å². The Morgan fingerprint density at radius 3 is 2.63 bits per heavy atom. The number of hydrogen-bond acceptors (Lipinski definition) is 4. The standard InChI is InChI=1S/C21H20FN3O2/c1-14-3-8-19(27-2)18(11-14)25-20-12-16(9-10-23-20)21(26)24-13-15-4-6-17(22)7-5-15/h3-12H,13H2,1-2H3,(H,23,25)(H,24,26). The second kappa shape index (κ2) is 8.31. The number of hydrogen-bond donors (Lipinski definition) is 2. The van der Waals surface area contributed by atoms with Gasteiger partial charge in [-0.3, -0.25) is 4.79 Å². The van der Waals surface area contributed by atoms with Crippen molar-refractivity contribution in [2.75, 3.05) is 12.4 Å². The number of benzene rings is 2. The number of nitrogens with zero attached hydrogens (tertiary/aromatic N) is 1. The molecule has 27 heavy (non-hydrogen) atoms. The van der Waals surface area contributed by atoms with Crippen LogP contribution in [0.1, 0.15) is 21.5 Å². The van der Waals surface area contributed by atoms with E-state index >= 15 is 0 Å². The molecule has 1 aromatic heterocycles. The summed E-state index contributed by atoms with van der Waals surface area (Å²) in [6.07, 6.45) is 1.57. The zero-order valence-corrected chi connectivity index (χ0v) is 15.1. The maximum atomic E-state index is 12.9. The molecule has 138 valence electrons. The summed E-state index contributed by atoms with van der Waals surface area (Å²) in [5.74, 6) is 0.685. The molecule has 0 saturated carbocycles. The Bertz CT molecular complexity index is 942. The van der Waals surface area contributed by atoms with Gasteiger partial charge in [-0.25, -0.2) is 9.37 Å². The number of ether oxygens (including phenoxy) is 1. The molecule has 3 aromatic rings. The number of aryl methyl sites for hydroxylation is 1. The highest BCUT2D eigenvalue weighted by atomic mass is 19.1. The van der Waals surface area contributed by atoms with Crippen LogP contribution in [0.25, 0.3) is 0 Å². The summed E-state index contributed by atoms with van der Waals surface area (Å²) in [6.45, 7) is 2.30. The Labute approximate surface area is 157 Å². The first kappa shape index (κ1) is 18.4. The first-order chi connectivity index (χ1) is 13.0. The van der Waals surface area contributed by atoms with Crippen molar-refractivity contribution in [3.63, 3.8) is 0 Å². The van der Waals surface area contributed by atoms with E-state index in [4.69, 9.17) is 4.74 Å². The minimum atomic E-state index is -0.304. The van der Waals surface area contributed by atoms with Gasteiger partial charge >= 0.3 is 0 Å². The molecule has 1 heterocycles. The number of halogens is 1. The number of amides is 1. The van der Waals surface area contributed by atoms with Crippen LogP contribution < -0.4 is 15.4 Å². The zero-order chi connectivity index (χ0) is 19.2. The summed E-state index contributed by atoms with van der Waals surface area (Å²) in [6, 6.07) is 15.1. The highest BCUT2D eigenvalue weighted by Crippen LogP contribution is 2.28. The van der Waals surface area contributed by atoms with Crippen molar-refractivity contribution in [1.29, 1.82) is 0 Å². The summed E-state index contributed by atoms with van der Waals surface area (Å²) in [5, 5.41) is 6.00. The van der Waals surface area contributed by atoms with Crippen LogP contribution in [0.4, 0.5) is 15.9 Å². The molecule has 0 aliphatic heterocycles. The second-order valence-electron chi connectivity index (χ2n) is 6.07. The molecule has 0 radical (unpaired) electrons. The summed E-state index contributed by atoms with van der Waals surface area (Å²) in [7, 11) is 1.60. The van der Waals surface area contributed by atoms with E-state index in [0.29, 0.717) is 23.7 Å². The number of methoxy groups -OCH3 is 1. The van der Waals surface area contributed by atoms with Gasteiger partial charge in [-0.05, 0) is 54.4 Å². The summed E-state index contributed by atoms with van der Waals surface area (Å²) in [5.41, 5.74) is 3.14. The molecule has 0 aliphatic carbocycles. The number of aromatic nitrogens is 1. The predicted molar refractivity (Wildman–Crippen MR) is 103 cm³/mol. The zero-order valence-electron chi connectivity index (χ0n) is 15.1. The van der Waals surface area contributed by atoms with Gasteiger partial charge in [-0.1, -0.05) is 18.2 Å². The van der Waals surface area contributed by atoms with Crippen molar-refractivity contribution in [1.82, 2.24) is 10.3 Å². The molecule has 1 amide bonds. The molecule has 6 heteroatoms. The van der Waals surface area contributed by atoms with E-state index in [1.54, 1.807) is 37.6 Å². The van der Waals surface area contributed by atoms with Gasteiger partial charge in [0.05, 0.1) is 12.8 Å². The molecule has 0 aliphatic rings. The summed E-state index contributed by atoms with van der Waals surface area (Å²) >= 11 is 0. The molecule has 0 spiro atoms. The lowest BCUT2D eigenvalue weighted by molar-refractivity contribution is 0.0951. The number of pyridine rings is 1. The first-order valence-electron chi connectivity index (χ1n) is 8.45. The topological polar surface area (TPSA) is 63.2 Å². The Morgan fingerprint density at radius 2 is 1.89 bits per heavy atom. The van der Waals surface area contributed by atoms with Crippen LogP contribution in [0, 0.1) is 12.7 Å². The van der Waals surface area contributed by atoms with E-state index < -0.39 is 0 Å². The molecule has 2 aromatic carbocycles. The first-order valence-corrected chi connectivity index (χ1v) is 8.45. The fourth-order valence-corrected chi connectivity index (χ4v) is 2.58. The Kier molecular flexibility index (Phi) is 5.66.